The average Bonchev–Trinajstić information content (AvgIpc) is 3.24. The maximum Gasteiger partial charge on any atom is 0.242 e. The molecule has 5 nitrogen and oxygen atoms in total. The van der Waals surface area contributed by atoms with Crippen LogP contribution in [0, 0.1) is 0 Å². The molecule has 32 heavy (non-hydrogen) atoms. The van der Waals surface area contributed by atoms with E-state index in [4.69, 9.17) is 11.6 Å². The van der Waals surface area contributed by atoms with Crippen LogP contribution in [0.1, 0.15) is 17.2 Å². The lowest BCUT2D eigenvalue weighted by Crippen LogP contribution is -2.50. The monoisotopic (exact) mass is 444 g/mol. The highest BCUT2D eigenvalue weighted by molar-refractivity contribution is 6.30. The number of hydrogen-bond acceptors (Lipinski definition) is 3. The predicted molar refractivity (Wildman–Crippen MR) is 128 cm³/mol. The molecular formula is C26H25ClN4O. The first-order chi connectivity index (χ1) is 15.7. The van der Waals surface area contributed by atoms with Gasteiger partial charge in [-0.05, 0) is 35.4 Å². The molecule has 1 aliphatic rings. The number of halogens is 1. The van der Waals surface area contributed by atoms with Gasteiger partial charge < -0.3 is 9.47 Å². The van der Waals surface area contributed by atoms with Crippen molar-refractivity contribution in [2.45, 2.75) is 12.6 Å². The molecule has 1 atom stereocenters. The Morgan fingerprint density at radius 3 is 2.25 bits per heavy atom. The van der Waals surface area contributed by atoms with Crippen LogP contribution >= 0.6 is 11.6 Å². The molecule has 1 amide bonds. The zero-order chi connectivity index (χ0) is 21.9. The van der Waals surface area contributed by atoms with Crippen molar-refractivity contribution in [3.05, 3.63) is 101 Å². The minimum absolute atomic E-state index is 0.135. The molecule has 1 aromatic heterocycles. The van der Waals surface area contributed by atoms with E-state index in [9.17, 15) is 4.79 Å². The molecule has 2 heterocycles. The first-order valence-electron chi connectivity index (χ1n) is 10.9. The Kier molecular flexibility index (Phi) is 5.93. The van der Waals surface area contributed by atoms with Crippen molar-refractivity contribution in [3.8, 4) is 0 Å². The summed E-state index contributed by atoms with van der Waals surface area (Å²) < 4.78 is 1.94. The number of carbonyl (C=O) groups excluding carboxylic acids is 1. The van der Waals surface area contributed by atoms with E-state index in [0.717, 1.165) is 29.1 Å². The van der Waals surface area contributed by atoms with Crippen molar-refractivity contribution in [2.24, 2.45) is 0 Å². The van der Waals surface area contributed by atoms with Gasteiger partial charge in [-0.15, -0.1) is 0 Å². The van der Waals surface area contributed by atoms with Crippen molar-refractivity contribution in [3.63, 3.8) is 0 Å². The fraction of sp³-hybridized carbons (Fsp3) is 0.231. The minimum atomic E-state index is 0.135. The number of imidazole rings is 1. The molecule has 0 bridgehead atoms. The second kappa shape index (κ2) is 9.15. The fourth-order valence-electron chi connectivity index (χ4n) is 4.51. The van der Waals surface area contributed by atoms with Gasteiger partial charge in [0.1, 0.15) is 6.54 Å². The molecular weight excluding hydrogens is 420 g/mol. The van der Waals surface area contributed by atoms with E-state index in [-0.39, 0.29) is 11.9 Å². The number of nitrogens with zero attached hydrogens (tertiary/aromatic N) is 4. The summed E-state index contributed by atoms with van der Waals surface area (Å²) in [6, 6.07) is 26.7. The summed E-state index contributed by atoms with van der Waals surface area (Å²) in [5.74, 6) is 0.135. The lowest BCUT2D eigenvalue weighted by Gasteiger charge is -2.40. The zero-order valence-corrected chi connectivity index (χ0v) is 18.5. The first-order valence-corrected chi connectivity index (χ1v) is 11.3. The Bertz CT molecular complexity index is 1200. The minimum Gasteiger partial charge on any atom is -0.339 e. The van der Waals surface area contributed by atoms with Crippen LogP contribution in [0.2, 0.25) is 5.02 Å². The number of hydrogen-bond donors (Lipinski definition) is 0. The number of rotatable bonds is 5. The third-order valence-electron chi connectivity index (χ3n) is 6.17. The van der Waals surface area contributed by atoms with Gasteiger partial charge in [0.05, 0.1) is 23.4 Å². The van der Waals surface area contributed by atoms with Gasteiger partial charge in [0, 0.05) is 31.2 Å². The average molecular weight is 445 g/mol. The van der Waals surface area contributed by atoms with Crippen LogP contribution in [-0.4, -0.2) is 51.4 Å². The second-order valence-corrected chi connectivity index (χ2v) is 8.58. The van der Waals surface area contributed by atoms with E-state index < -0.39 is 0 Å². The molecule has 1 saturated heterocycles. The molecule has 0 radical (unpaired) electrons. The highest BCUT2D eigenvalue weighted by Gasteiger charge is 2.28. The number of benzene rings is 3. The van der Waals surface area contributed by atoms with Gasteiger partial charge in [-0.1, -0.05) is 66.2 Å². The maximum absolute atomic E-state index is 13.0. The summed E-state index contributed by atoms with van der Waals surface area (Å²) in [4.78, 5) is 21.8. The van der Waals surface area contributed by atoms with Gasteiger partial charge in [-0.2, -0.15) is 0 Å². The molecule has 0 N–H and O–H groups in total. The topological polar surface area (TPSA) is 41.4 Å². The van der Waals surface area contributed by atoms with E-state index in [1.807, 2.05) is 51.9 Å². The van der Waals surface area contributed by atoms with Crippen LogP contribution in [0.15, 0.2) is 85.2 Å². The van der Waals surface area contributed by atoms with Crippen LogP contribution in [0.3, 0.4) is 0 Å². The molecule has 3 aromatic carbocycles. The quantitative estimate of drug-likeness (QED) is 0.451. The summed E-state index contributed by atoms with van der Waals surface area (Å²) in [6.07, 6.45) is 1.75. The first kappa shape index (κ1) is 20.7. The van der Waals surface area contributed by atoms with Crippen LogP contribution in [0.25, 0.3) is 11.0 Å². The molecule has 4 aromatic rings. The standard InChI is InChI=1S/C26H25ClN4O/c27-22-12-10-21(11-13-22)26(20-6-2-1-3-7-20)30-16-14-29(15-17-30)25(32)18-31-19-28-23-8-4-5-9-24(23)31/h1-13,19,26H,14-18H2. The normalized spacial score (nSPS) is 15.7. The Balaban J connectivity index is 1.29. The number of amides is 1. The van der Waals surface area contributed by atoms with Gasteiger partial charge in [0.15, 0.2) is 0 Å². The van der Waals surface area contributed by atoms with E-state index in [0.29, 0.717) is 19.6 Å². The van der Waals surface area contributed by atoms with Crippen LogP contribution < -0.4 is 0 Å². The fourth-order valence-corrected chi connectivity index (χ4v) is 4.63. The van der Waals surface area contributed by atoms with Gasteiger partial charge in [-0.25, -0.2) is 4.98 Å². The molecule has 0 spiro atoms. The summed E-state index contributed by atoms with van der Waals surface area (Å²) in [5, 5.41) is 0.739. The third kappa shape index (κ3) is 4.27. The smallest absolute Gasteiger partial charge is 0.242 e. The number of piperazine rings is 1. The van der Waals surface area contributed by atoms with Crippen molar-refractivity contribution >= 4 is 28.5 Å². The van der Waals surface area contributed by atoms with Crippen molar-refractivity contribution in [2.75, 3.05) is 26.2 Å². The number of aromatic nitrogens is 2. The molecule has 1 fully saturated rings. The number of para-hydroxylation sites is 2. The van der Waals surface area contributed by atoms with Gasteiger partial charge in [0.25, 0.3) is 0 Å². The lowest BCUT2D eigenvalue weighted by atomic mass is 9.96. The molecule has 5 rings (SSSR count). The SMILES string of the molecule is O=C(Cn1cnc2ccccc21)N1CCN(C(c2ccccc2)c2ccc(Cl)cc2)CC1. The predicted octanol–water partition coefficient (Wildman–Crippen LogP) is 4.62. The van der Waals surface area contributed by atoms with Crippen LogP contribution in [-0.2, 0) is 11.3 Å². The Labute approximate surface area is 192 Å². The largest absolute Gasteiger partial charge is 0.339 e. The Morgan fingerprint density at radius 1 is 0.844 bits per heavy atom. The molecule has 1 aliphatic heterocycles. The van der Waals surface area contributed by atoms with Crippen molar-refractivity contribution in [1.82, 2.24) is 19.4 Å². The molecule has 162 valence electrons. The highest BCUT2D eigenvalue weighted by atomic mass is 35.5. The van der Waals surface area contributed by atoms with E-state index >= 15 is 0 Å². The van der Waals surface area contributed by atoms with Crippen molar-refractivity contribution in [1.29, 1.82) is 0 Å². The van der Waals surface area contributed by atoms with E-state index in [1.165, 1.54) is 11.1 Å². The van der Waals surface area contributed by atoms with Gasteiger partial charge >= 0.3 is 0 Å². The van der Waals surface area contributed by atoms with Crippen LogP contribution in [0.4, 0.5) is 0 Å². The van der Waals surface area contributed by atoms with Gasteiger partial charge in [0.2, 0.25) is 5.91 Å². The third-order valence-corrected chi connectivity index (χ3v) is 6.42. The van der Waals surface area contributed by atoms with Gasteiger partial charge in [-0.3, -0.25) is 9.69 Å². The Morgan fingerprint density at radius 2 is 1.50 bits per heavy atom. The zero-order valence-electron chi connectivity index (χ0n) is 17.8. The van der Waals surface area contributed by atoms with E-state index in [2.05, 4.69) is 46.3 Å². The molecule has 6 heteroatoms. The summed E-state index contributed by atoms with van der Waals surface area (Å²) in [6.45, 7) is 3.38. The van der Waals surface area contributed by atoms with Crippen LogP contribution in [0.5, 0.6) is 0 Å². The highest BCUT2D eigenvalue weighted by Crippen LogP contribution is 2.30. The number of fused-ring (bicyclic) bond motifs is 1. The van der Waals surface area contributed by atoms with E-state index in [1.54, 1.807) is 6.33 Å². The molecule has 1 unspecified atom stereocenters. The molecule has 0 aliphatic carbocycles. The molecule has 0 saturated carbocycles. The number of carbonyl (C=O) groups is 1. The lowest BCUT2D eigenvalue weighted by molar-refractivity contribution is -0.133. The van der Waals surface area contributed by atoms with Crippen molar-refractivity contribution < 1.29 is 4.79 Å². The summed E-state index contributed by atoms with van der Waals surface area (Å²) in [5.41, 5.74) is 4.37. The summed E-state index contributed by atoms with van der Waals surface area (Å²) >= 11 is 6.13. The Hall–Kier alpha value is -3.15. The maximum atomic E-state index is 13.0. The second-order valence-electron chi connectivity index (χ2n) is 8.14. The summed E-state index contributed by atoms with van der Waals surface area (Å²) in [7, 11) is 0.